The number of likely N-dealkylation sites (tertiary alicyclic amines) is 1. The van der Waals surface area contributed by atoms with Crippen LogP contribution in [0.15, 0.2) is 24.3 Å². The maximum Gasteiger partial charge on any atom is 0.252 e. The summed E-state index contributed by atoms with van der Waals surface area (Å²) in [7, 11) is 0. The first-order valence-corrected chi connectivity index (χ1v) is 13.4. The number of hydrogen-bond acceptors (Lipinski definition) is 5. The number of nitrogens with zero attached hydrogens (tertiary/aromatic N) is 2. The molecule has 0 bridgehead atoms. The Hall–Kier alpha value is -3.37. The van der Waals surface area contributed by atoms with E-state index in [1.54, 1.807) is 24.3 Å². The van der Waals surface area contributed by atoms with Crippen LogP contribution in [0.25, 0.3) is 0 Å². The van der Waals surface area contributed by atoms with E-state index in [-0.39, 0.29) is 24.7 Å². The van der Waals surface area contributed by atoms with E-state index in [2.05, 4.69) is 21.9 Å². The lowest BCUT2D eigenvalue weighted by Crippen LogP contribution is -2.63. The van der Waals surface area contributed by atoms with Gasteiger partial charge in [-0.1, -0.05) is 31.5 Å². The van der Waals surface area contributed by atoms with Crippen molar-refractivity contribution in [1.29, 1.82) is 5.26 Å². The van der Waals surface area contributed by atoms with E-state index < -0.39 is 60.7 Å². The lowest BCUT2D eigenvalue weighted by molar-refractivity contribution is -0.160. The van der Waals surface area contributed by atoms with Gasteiger partial charge in [-0.2, -0.15) is 5.26 Å². The number of carbonyl (C=O) groups is 3. The van der Waals surface area contributed by atoms with Gasteiger partial charge in [0.1, 0.15) is 18.1 Å². The Kier molecular flexibility index (Phi) is 10.2. The fraction of sp³-hybridized carbons (Fsp3) is 0.571. The average molecular weight is 562 g/mol. The van der Waals surface area contributed by atoms with Crippen LogP contribution in [0.2, 0.25) is 5.02 Å². The highest BCUT2D eigenvalue weighted by Crippen LogP contribution is 2.38. The number of anilines is 1. The first-order valence-electron chi connectivity index (χ1n) is 13.1. The van der Waals surface area contributed by atoms with Crippen LogP contribution in [0, 0.1) is 35.5 Å². The van der Waals surface area contributed by atoms with Crippen molar-refractivity contribution in [1.82, 2.24) is 15.5 Å². The number of piperidine rings is 1. The second-order valence-electron chi connectivity index (χ2n) is 10.6. The number of carbonyl (C=O) groups excluding carboxylic acids is 3. The molecule has 2 fully saturated rings. The molecule has 2 heterocycles. The predicted octanol–water partition coefficient (Wildman–Crippen LogP) is 3.72. The molecule has 0 saturated carbocycles. The van der Waals surface area contributed by atoms with Crippen molar-refractivity contribution in [2.75, 3.05) is 11.9 Å². The summed E-state index contributed by atoms with van der Waals surface area (Å²) in [5.74, 6) is -2.93. The molecule has 39 heavy (non-hydrogen) atoms. The number of terminal acetylenes is 1. The van der Waals surface area contributed by atoms with E-state index in [1.807, 2.05) is 19.9 Å². The smallest absolute Gasteiger partial charge is 0.252 e. The highest BCUT2D eigenvalue weighted by Gasteiger charge is 2.51. The minimum Gasteiger partial charge on any atom is -0.374 e. The second-order valence-corrected chi connectivity index (χ2v) is 11.1. The number of nitrogens with one attached hydrogen (secondary N) is 3. The SMILES string of the molecule is C#CC[C@H]1CC(F)(F)C[C@@H](C(=O)N[C@H](C#N)C[C@@H]2CCNC2=O)N1C(=O)[C@@H](CC(C)C)Nc1cccc(Cl)c1. The van der Waals surface area contributed by atoms with Crippen LogP contribution in [0.4, 0.5) is 14.5 Å². The second kappa shape index (κ2) is 13.1. The predicted molar refractivity (Wildman–Crippen MR) is 144 cm³/mol. The summed E-state index contributed by atoms with van der Waals surface area (Å²) >= 11 is 6.11. The summed E-state index contributed by atoms with van der Waals surface area (Å²) in [4.78, 5) is 40.6. The summed E-state index contributed by atoms with van der Waals surface area (Å²) in [6.45, 7) is 4.31. The van der Waals surface area contributed by atoms with Gasteiger partial charge in [0.2, 0.25) is 17.7 Å². The Morgan fingerprint density at radius 1 is 1.33 bits per heavy atom. The summed E-state index contributed by atoms with van der Waals surface area (Å²) in [6, 6.07) is 4.16. The van der Waals surface area contributed by atoms with E-state index in [9.17, 15) is 28.4 Å². The molecule has 0 aliphatic carbocycles. The monoisotopic (exact) mass is 561 g/mol. The number of amides is 3. The molecule has 3 rings (SSSR count). The van der Waals surface area contributed by atoms with Gasteiger partial charge in [0.15, 0.2) is 0 Å². The fourth-order valence-electron chi connectivity index (χ4n) is 5.24. The van der Waals surface area contributed by atoms with E-state index in [0.717, 1.165) is 0 Å². The zero-order valence-electron chi connectivity index (χ0n) is 22.1. The van der Waals surface area contributed by atoms with Crippen LogP contribution in [-0.4, -0.2) is 59.3 Å². The largest absolute Gasteiger partial charge is 0.374 e. The molecule has 3 N–H and O–H groups in total. The fourth-order valence-corrected chi connectivity index (χ4v) is 5.43. The van der Waals surface area contributed by atoms with Crippen LogP contribution in [0.1, 0.15) is 52.4 Å². The standard InChI is InChI=1S/C28H34ClF2N5O3/c1-4-6-22-14-28(30,31)15-24(26(38)35-21(16-32)12-18-9-10-33-25(18)37)36(22)27(39)23(11-17(2)3)34-20-8-5-7-19(29)13-20/h1,5,7-8,13,17-18,21-24,34H,6,9-12,14-15H2,2-3H3,(H,33,37)(H,35,38)/t18-,21-,22-,23+,24-/m0/s1. The number of benzene rings is 1. The minimum atomic E-state index is -3.25. The van der Waals surface area contributed by atoms with Gasteiger partial charge in [0.25, 0.3) is 5.92 Å². The van der Waals surface area contributed by atoms with Gasteiger partial charge >= 0.3 is 0 Å². The van der Waals surface area contributed by atoms with Gasteiger partial charge in [0, 0.05) is 48.5 Å². The molecule has 210 valence electrons. The Bertz CT molecular complexity index is 1150. The van der Waals surface area contributed by atoms with Gasteiger partial charge in [-0.15, -0.1) is 12.3 Å². The molecule has 0 radical (unpaired) electrons. The van der Waals surface area contributed by atoms with Crippen LogP contribution in [0.5, 0.6) is 0 Å². The van der Waals surface area contributed by atoms with Gasteiger partial charge in [-0.25, -0.2) is 8.78 Å². The van der Waals surface area contributed by atoms with Gasteiger partial charge in [-0.3, -0.25) is 14.4 Å². The third kappa shape index (κ3) is 8.06. The molecular formula is C28H34ClF2N5O3. The normalized spacial score (nSPS) is 23.7. The van der Waals surface area contributed by atoms with Crippen LogP contribution >= 0.6 is 11.6 Å². The quantitative estimate of drug-likeness (QED) is 0.377. The number of hydrogen-bond donors (Lipinski definition) is 3. The zero-order valence-corrected chi connectivity index (χ0v) is 22.8. The molecular weight excluding hydrogens is 528 g/mol. The molecule has 0 unspecified atom stereocenters. The van der Waals surface area contributed by atoms with E-state index in [0.29, 0.717) is 30.1 Å². The minimum absolute atomic E-state index is 0.0468. The summed E-state index contributed by atoms with van der Waals surface area (Å²) in [5, 5.41) is 18.4. The van der Waals surface area contributed by atoms with E-state index in [1.165, 1.54) is 4.90 Å². The molecule has 1 aromatic rings. The van der Waals surface area contributed by atoms with E-state index >= 15 is 0 Å². The molecule has 5 atom stereocenters. The maximum atomic E-state index is 14.9. The lowest BCUT2D eigenvalue weighted by Gasteiger charge is -2.45. The Balaban J connectivity index is 1.91. The molecule has 8 nitrogen and oxygen atoms in total. The number of nitriles is 1. The van der Waals surface area contributed by atoms with Crippen molar-refractivity contribution in [3.05, 3.63) is 29.3 Å². The third-order valence-corrected chi connectivity index (χ3v) is 7.23. The molecule has 2 aliphatic rings. The topological polar surface area (TPSA) is 114 Å². The van der Waals surface area contributed by atoms with Crippen molar-refractivity contribution >= 4 is 35.0 Å². The van der Waals surface area contributed by atoms with E-state index in [4.69, 9.17) is 18.0 Å². The highest BCUT2D eigenvalue weighted by atomic mass is 35.5. The molecule has 1 aromatic carbocycles. The summed E-state index contributed by atoms with van der Waals surface area (Å²) in [6.07, 6.45) is 4.65. The molecule has 11 heteroatoms. The Labute approximate surface area is 232 Å². The first-order chi connectivity index (χ1) is 18.4. The highest BCUT2D eigenvalue weighted by molar-refractivity contribution is 6.30. The number of halogens is 3. The number of alkyl halides is 2. The Morgan fingerprint density at radius 3 is 2.67 bits per heavy atom. The average Bonchev–Trinajstić information content (AvgIpc) is 3.26. The van der Waals surface area contributed by atoms with Crippen molar-refractivity contribution in [3.63, 3.8) is 0 Å². The van der Waals surface area contributed by atoms with Gasteiger partial charge in [0.05, 0.1) is 6.07 Å². The van der Waals surface area contributed by atoms with Crippen molar-refractivity contribution < 1.29 is 23.2 Å². The molecule has 0 aromatic heterocycles. The van der Waals surface area contributed by atoms with Gasteiger partial charge < -0.3 is 20.9 Å². The van der Waals surface area contributed by atoms with Crippen molar-refractivity contribution in [2.24, 2.45) is 11.8 Å². The van der Waals surface area contributed by atoms with Gasteiger partial charge in [-0.05, 0) is 43.4 Å². The first kappa shape index (κ1) is 30.2. The summed E-state index contributed by atoms with van der Waals surface area (Å²) < 4.78 is 29.8. The summed E-state index contributed by atoms with van der Waals surface area (Å²) in [5.41, 5.74) is 0.567. The molecule has 3 amide bonds. The Morgan fingerprint density at radius 2 is 2.08 bits per heavy atom. The van der Waals surface area contributed by atoms with Crippen LogP contribution < -0.4 is 16.0 Å². The molecule has 0 spiro atoms. The van der Waals surface area contributed by atoms with Crippen LogP contribution in [0.3, 0.4) is 0 Å². The van der Waals surface area contributed by atoms with Crippen LogP contribution in [-0.2, 0) is 14.4 Å². The number of rotatable bonds is 10. The lowest BCUT2D eigenvalue weighted by atomic mass is 9.88. The van der Waals surface area contributed by atoms with Crippen molar-refractivity contribution in [3.8, 4) is 18.4 Å². The maximum absolute atomic E-state index is 14.9. The third-order valence-electron chi connectivity index (χ3n) is 6.99. The van der Waals surface area contributed by atoms with Crippen molar-refractivity contribution in [2.45, 2.75) is 82.5 Å². The molecule has 2 saturated heterocycles. The zero-order chi connectivity index (χ0) is 28.7. The molecule has 2 aliphatic heterocycles.